The van der Waals surface area contributed by atoms with E-state index in [2.05, 4.69) is 20.2 Å². The van der Waals surface area contributed by atoms with Crippen molar-refractivity contribution < 1.29 is 18.0 Å². The summed E-state index contributed by atoms with van der Waals surface area (Å²) in [5, 5.41) is 7.19. The number of carbonyl (C=O) groups excluding carboxylic acids is 1. The van der Waals surface area contributed by atoms with Gasteiger partial charge >= 0.3 is 6.18 Å². The predicted molar refractivity (Wildman–Crippen MR) is 99.6 cm³/mol. The molecule has 1 saturated heterocycles. The van der Waals surface area contributed by atoms with E-state index in [1.54, 1.807) is 21.9 Å². The van der Waals surface area contributed by atoms with Crippen molar-refractivity contribution in [2.75, 3.05) is 31.1 Å². The van der Waals surface area contributed by atoms with E-state index >= 15 is 0 Å². The second-order valence-electron chi connectivity index (χ2n) is 6.69. The van der Waals surface area contributed by atoms with Gasteiger partial charge in [0.1, 0.15) is 12.9 Å². The highest BCUT2D eigenvalue weighted by Crippen LogP contribution is 2.27. The van der Waals surface area contributed by atoms with Gasteiger partial charge in [-0.1, -0.05) is 0 Å². The van der Waals surface area contributed by atoms with Gasteiger partial charge in [-0.25, -0.2) is 9.97 Å². The van der Waals surface area contributed by atoms with Gasteiger partial charge in [-0.2, -0.15) is 13.2 Å². The third-order valence-electron chi connectivity index (χ3n) is 4.80. The molecule has 0 bridgehead atoms. The lowest BCUT2D eigenvalue weighted by molar-refractivity contribution is -0.141. The Bertz CT molecular complexity index is 1120. The first kappa shape index (κ1) is 19.7. The minimum absolute atomic E-state index is 0.156. The SMILES string of the molecule is O=C(Cn1cnc2ncccc2c1=O)N1CCN(c2ccc(C(F)(F)F)nn2)CC1. The van der Waals surface area contributed by atoms with Crippen LogP contribution in [0.1, 0.15) is 5.69 Å². The molecule has 3 aromatic heterocycles. The second kappa shape index (κ2) is 7.69. The summed E-state index contributed by atoms with van der Waals surface area (Å²) in [6, 6.07) is 5.37. The minimum Gasteiger partial charge on any atom is -0.352 e. The van der Waals surface area contributed by atoms with Gasteiger partial charge < -0.3 is 9.80 Å². The number of carbonyl (C=O) groups is 1. The number of nitrogens with zero attached hydrogens (tertiary/aromatic N) is 7. The average molecular weight is 419 g/mol. The molecule has 0 atom stereocenters. The van der Waals surface area contributed by atoms with Gasteiger partial charge in [0.25, 0.3) is 5.56 Å². The smallest absolute Gasteiger partial charge is 0.352 e. The molecule has 0 radical (unpaired) electrons. The van der Waals surface area contributed by atoms with Gasteiger partial charge in [-0.05, 0) is 24.3 Å². The fourth-order valence-corrected chi connectivity index (χ4v) is 3.19. The molecule has 1 aliphatic heterocycles. The Hall–Kier alpha value is -3.57. The number of fused-ring (bicyclic) bond motifs is 1. The van der Waals surface area contributed by atoms with Crippen molar-refractivity contribution in [3.63, 3.8) is 0 Å². The summed E-state index contributed by atoms with van der Waals surface area (Å²) < 4.78 is 39.0. The first-order valence-electron chi connectivity index (χ1n) is 9.07. The zero-order chi connectivity index (χ0) is 21.3. The number of anilines is 1. The van der Waals surface area contributed by atoms with E-state index in [0.29, 0.717) is 43.0 Å². The molecule has 4 rings (SSSR count). The quantitative estimate of drug-likeness (QED) is 0.624. The molecule has 30 heavy (non-hydrogen) atoms. The molecule has 4 heterocycles. The molecule has 0 N–H and O–H groups in total. The van der Waals surface area contributed by atoms with Crippen LogP contribution in [-0.4, -0.2) is 61.7 Å². The maximum absolute atomic E-state index is 12.6. The van der Waals surface area contributed by atoms with Crippen molar-refractivity contribution in [2.45, 2.75) is 12.7 Å². The number of rotatable bonds is 3. The maximum Gasteiger partial charge on any atom is 0.435 e. The van der Waals surface area contributed by atoms with Gasteiger partial charge in [-0.3, -0.25) is 14.2 Å². The molecule has 0 aromatic carbocycles. The summed E-state index contributed by atoms with van der Waals surface area (Å²) >= 11 is 0. The van der Waals surface area contributed by atoms with Crippen LogP contribution in [-0.2, 0) is 17.5 Å². The van der Waals surface area contributed by atoms with Crippen LogP contribution in [0, 0.1) is 0 Å². The zero-order valence-electron chi connectivity index (χ0n) is 15.6. The van der Waals surface area contributed by atoms with Gasteiger partial charge in [0, 0.05) is 32.4 Å². The number of amides is 1. The van der Waals surface area contributed by atoms with Crippen LogP contribution in [0.15, 0.2) is 41.6 Å². The summed E-state index contributed by atoms with van der Waals surface area (Å²) in [5.74, 6) is 0.0674. The fourth-order valence-electron chi connectivity index (χ4n) is 3.19. The maximum atomic E-state index is 12.6. The number of hydrogen-bond acceptors (Lipinski definition) is 7. The van der Waals surface area contributed by atoms with Gasteiger partial charge in [-0.15, -0.1) is 10.2 Å². The first-order chi connectivity index (χ1) is 14.3. The number of piperazine rings is 1. The highest BCUT2D eigenvalue weighted by atomic mass is 19.4. The van der Waals surface area contributed by atoms with Crippen LogP contribution in [0.5, 0.6) is 0 Å². The molecule has 0 unspecified atom stereocenters. The van der Waals surface area contributed by atoms with Crippen molar-refractivity contribution in [1.82, 2.24) is 29.6 Å². The molecule has 3 aromatic rings. The molecule has 0 spiro atoms. The first-order valence-corrected chi connectivity index (χ1v) is 9.07. The number of aromatic nitrogens is 5. The van der Waals surface area contributed by atoms with Crippen molar-refractivity contribution in [3.05, 3.63) is 52.8 Å². The Morgan fingerprint density at radius 1 is 1.03 bits per heavy atom. The van der Waals surface area contributed by atoms with Crippen molar-refractivity contribution in [1.29, 1.82) is 0 Å². The topological polar surface area (TPSA) is 97.1 Å². The summed E-state index contributed by atoms with van der Waals surface area (Å²) in [6.07, 6.45) is -1.71. The van der Waals surface area contributed by atoms with E-state index in [1.807, 2.05) is 0 Å². The standard InChI is InChI=1S/C18H16F3N7O2/c19-18(20,21)13-3-4-14(25-24-13)26-6-8-27(9-7-26)15(29)10-28-11-23-16-12(17(28)30)2-1-5-22-16/h1-5,11H,6-10H2. The van der Waals surface area contributed by atoms with E-state index in [9.17, 15) is 22.8 Å². The summed E-state index contributed by atoms with van der Waals surface area (Å²) in [5.41, 5.74) is -1.08. The fraction of sp³-hybridized carbons (Fsp3) is 0.333. The molecule has 1 aliphatic rings. The minimum atomic E-state index is -4.54. The van der Waals surface area contributed by atoms with Crippen LogP contribution in [0.2, 0.25) is 0 Å². The number of hydrogen-bond donors (Lipinski definition) is 0. The van der Waals surface area contributed by atoms with Crippen LogP contribution in [0.4, 0.5) is 19.0 Å². The monoisotopic (exact) mass is 419 g/mol. The molecule has 1 fully saturated rings. The lowest BCUT2D eigenvalue weighted by atomic mass is 10.3. The third-order valence-corrected chi connectivity index (χ3v) is 4.80. The van der Waals surface area contributed by atoms with Crippen LogP contribution in [0.25, 0.3) is 11.0 Å². The second-order valence-corrected chi connectivity index (χ2v) is 6.69. The molecular formula is C18H16F3N7O2. The van der Waals surface area contributed by atoms with Crippen LogP contribution in [0.3, 0.4) is 0 Å². The van der Waals surface area contributed by atoms with Gasteiger partial charge in [0.05, 0.1) is 5.39 Å². The number of halogens is 3. The van der Waals surface area contributed by atoms with E-state index in [-0.39, 0.29) is 18.0 Å². The Kier molecular flexibility index (Phi) is 5.06. The Balaban J connectivity index is 1.39. The lowest BCUT2D eigenvalue weighted by Gasteiger charge is -2.35. The highest BCUT2D eigenvalue weighted by molar-refractivity contribution is 5.77. The number of pyridine rings is 1. The van der Waals surface area contributed by atoms with Crippen LogP contribution < -0.4 is 10.5 Å². The normalized spacial score (nSPS) is 14.9. The molecule has 1 amide bonds. The third kappa shape index (κ3) is 3.93. The van der Waals surface area contributed by atoms with E-state index < -0.39 is 11.9 Å². The summed E-state index contributed by atoms with van der Waals surface area (Å²) in [4.78, 5) is 36.5. The van der Waals surface area contributed by atoms with Gasteiger partial charge in [0.2, 0.25) is 5.91 Å². The van der Waals surface area contributed by atoms with Crippen molar-refractivity contribution >= 4 is 22.8 Å². The highest BCUT2D eigenvalue weighted by Gasteiger charge is 2.33. The molecule has 9 nitrogen and oxygen atoms in total. The molecule has 156 valence electrons. The van der Waals surface area contributed by atoms with Crippen molar-refractivity contribution in [3.8, 4) is 0 Å². The number of alkyl halides is 3. The predicted octanol–water partition coefficient (Wildman–Crippen LogP) is 0.949. The Morgan fingerprint density at radius 3 is 2.47 bits per heavy atom. The molecular weight excluding hydrogens is 403 g/mol. The van der Waals surface area contributed by atoms with Gasteiger partial charge in [0.15, 0.2) is 17.2 Å². The lowest BCUT2D eigenvalue weighted by Crippen LogP contribution is -2.50. The Labute approximate surface area is 167 Å². The van der Waals surface area contributed by atoms with E-state index in [0.717, 1.165) is 6.07 Å². The van der Waals surface area contributed by atoms with Crippen LogP contribution >= 0.6 is 0 Å². The molecule has 0 saturated carbocycles. The largest absolute Gasteiger partial charge is 0.435 e. The average Bonchev–Trinajstić information content (AvgIpc) is 2.75. The van der Waals surface area contributed by atoms with Crippen molar-refractivity contribution in [2.24, 2.45) is 0 Å². The summed E-state index contributed by atoms with van der Waals surface area (Å²) in [6.45, 7) is 1.32. The van der Waals surface area contributed by atoms with E-state index in [4.69, 9.17) is 0 Å². The Morgan fingerprint density at radius 2 is 1.80 bits per heavy atom. The van der Waals surface area contributed by atoms with E-state index in [1.165, 1.54) is 23.2 Å². The zero-order valence-corrected chi connectivity index (χ0v) is 15.6. The summed E-state index contributed by atoms with van der Waals surface area (Å²) in [7, 11) is 0. The molecule has 0 aliphatic carbocycles. The molecule has 12 heteroatoms.